The van der Waals surface area contributed by atoms with Gasteiger partial charge in [0.05, 0.1) is 0 Å². The van der Waals surface area contributed by atoms with Gasteiger partial charge in [0.1, 0.15) is 17.1 Å². The van der Waals surface area contributed by atoms with Crippen LogP contribution in [0.3, 0.4) is 0 Å². The first-order valence-electron chi connectivity index (χ1n) is 9.84. The Morgan fingerprint density at radius 3 is 2.61 bits per heavy atom. The zero-order valence-electron chi connectivity index (χ0n) is 15.9. The average Bonchev–Trinajstić information content (AvgIpc) is 3.32. The Bertz CT molecular complexity index is 925. The van der Waals surface area contributed by atoms with Crippen LogP contribution in [-0.4, -0.2) is 34.7 Å². The number of nitrogens with one attached hydrogen (secondary N) is 1. The summed E-state index contributed by atoms with van der Waals surface area (Å²) in [5, 5.41) is 24.2. The monoisotopic (exact) mass is 383 g/mol. The number of fused-ring (bicyclic) bond motifs is 3. The molecule has 2 aromatic rings. The van der Waals surface area contributed by atoms with Crippen LogP contribution in [0.2, 0.25) is 0 Å². The molecule has 28 heavy (non-hydrogen) atoms. The molecule has 0 heterocycles. The molecule has 2 aliphatic rings. The summed E-state index contributed by atoms with van der Waals surface area (Å²) < 4.78 is 5.08. The number of hydrogen-bond acceptors (Lipinski definition) is 5. The second-order valence-corrected chi connectivity index (χ2v) is 8.11. The van der Waals surface area contributed by atoms with E-state index in [4.69, 9.17) is 4.74 Å². The lowest BCUT2D eigenvalue weighted by Gasteiger charge is -2.28. The summed E-state index contributed by atoms with van der Waals surface area (Å²) in [5.41, 5.74) is -0.162. The third kappa shape index (κ3) is 3.39. The first-order chi connectivity index (χ1) is 13.4. The van der Waals surface area contributed by atoms with Crippen molar-refractivity contribution < 1.29 is 24.5 Å². The normalized spacial score (nSPS) is 24.2. The Labute approximate surface area is 163 Å². The van der Waals surface area contributed by atoms with Crippen LogP contribution in [0.5, 0.6) is 11.5 Å². The predicted octanol–water partition coefficient (Wildman–Crippen LogP) is 3.35. The Balaban J connectivity index is 1.37. The lowest BCUT2D eigenvalue weighted by Crippen LogP contribution is -2.42. The number of aromatic hydroxyl groups is 2. The van der Waals surface area contributed by atoms with Gasteiger partial charge in [-0.15, -0.1) is 0 Å². The zero-order chi connectivity index (χ0) is 19.8. The molecule has 4 atom stereocenters. The van der Waals surface area contributed by atoms with Crippen molar-refractivity contribution in [2.24, 2.45) is 17.8 Å². The number of rotatable bonds is 5. The van der Waals surface area contributed by atoms with Gasteiger partial charge in [-0.3, -0.25) is 4.79 Å². The van der Waals surface area contributed by atoms with Gasteiger partial charge >= 0.3 is 5.97 Å². The summed E-state index contributed by atoms with van der Waals surface area (Å²) in [5.74, 6) is 0.397. The average molecular weight is 383 g/mol. The number of ether oxygens (including phenoxy) is 1. The minimum atomic E-state index is -0.846. The molecule has 6 heteroatoms. The van der Waals surface area contributed by atoms with Crippen molar-refractivity contribution in [2.45, 2.75) is 38.6 Å². The minimum absolute atomic E-state index is 0.0552. The molecule has 0 radical (unpaired) electrons. The number of carbonyl (C=O) groups excluding carboxylic acids is 2. The van der Waals surface area contributed by atoms with Gasteiger partial charge in [-0.25, -0.2) is 4.79 Å². The molecule has 0 spiro atoms. The van der Waals surface area contributed by atoms with Crippen LogP contribution in [-0.2, 0) is 9.53 Å². The quantitative estimate of drug-likeness (QED) is 0.544. The molecule has 2 aliphatic carbocycles. The third-order valence-electron chi connectivity index (χ3n) is 6.37. The van der Waals surface area contributed by atoms with Crippen molar-refractivity contribution in [3.05, 3.63) is 35.9 Å². The minimum Gasteiger partial charge on any atom is -0.507 e. The third-order valence-corrected chi connectivity index (χ3v) is 6.37. The van der Waals surface area contributed by atoms with E-state index in [-0.39, 0.29) is 29.0 Å². The summed E-state index contributed by atoms with van der Waals surface area (Å²) >= 11 is 0. The number of phenols is 2. The van der Waals surface area contributed by atoms with Crippen LogP contribution >= 0.6 is 0 Å². The number of amides is 1. The molecule has 0 saturated heterocycles. The van der Waals surface area contributed by atoms with E-state index in [1.807, 2.05) is 6.92 Å². The highest BCUT2D eigenvalue weighted by atomic mass is 16.5. The molecule has 3 N–H and O–H groups in total. The molecule has 0 aliphatic heterocycles. The van der Waals surface area contributed by atoms with Crippen LogP contribution in [0.4, 0.5) is 0 Å². The molecule has 1 amide bonds. The van der Waals surface area contributed by atoms with E-state index in [1.165, 1.54) is 19.3 Å². The van der Waals surface area contributed by atoms with Crippen molar-refractivity contribution in [3.8, 4) is 11.5 Å². The molecule has 0 aromatic heterocycles. The van der Waals surface area contributed by atoms with E-state index in [2.05, 4.69) is 5.32 Å². The maximum Gasteiger partial charge on any atom is 0.342 e. The maximum atomic E-state index is 12.3. The topological polar surface area (TPSA) is 95.9 Å². The first kappa shape index (κ1) is 18.6. The fourth-order valence-corrected chi connectivity index (χ4v) is 5.01. The first-order valence-corrected chi connectivity index (χ1v) is 9.84. The maximum absolute atomic E-state index is 12.3. The number of phenolic OH excluding ortho intramolecular Hbond substituents is 2. The van der Waals surface area contributed by atoms with E-state index < -0.39 is 12.6 Å². The highest BCUT2D eigenvalue weighted by Gasteiger charge is 2.42. The fraction of sp³-hybridized carbons (Fsp3) is 0.455. The second-order valence-electron chi connectivity index (χ2n) is 8.11. The van der Waals surface area contributed by atoms with E-state index in [0.717, 1.165) is 18.4 Å². The Hall–Kier alpha value is -2.76. The van der Waals surface area contributed by atoms with Gasteiger partial charge in [-0.05, 0) is 50.0 Å². The second kappa shape index (κ2) is 7.34. The molecule has 2 saturated carbocycles. The van der Waals surface area contributed by atoms with Gasteiger partial charge in [0.2, 0.25) is 0 Å². The van der Waals surface area contributed by atoms with Crippen LogP contribution < -0.4 is 5.32 Å². The zero-order valence-corrected chi connectivity index (χ0v) is 15.9. The number of benzene rings is 2. The summed E-state index contributed by atoms with van der Waals surface area (Å²) in [4.78, 5) is 24.6. The Morgan fingerprint density at radius 2 is 1.93 bits per heavy atom. The molecule has 4 rings (SSSR count). The van der Waals surface area contributed by atoms with E-state index in [9.17, 15) is 19.8 Å². The van der Waals surface area contributed by atoms with Gasteiger partial charge in [0, 0.05) is 16.8 Å². The fourth-order valence-electron chi connectivity index (χ4n) is 5.01. The van der Waals surface area contributed by atoms with E-state index in [0.29, 0.717) is 22.6 Å². The number of esters is 1. The molecule has 2 fully saturated rings. The molecular weight excluding hydrogens is 358 g/mol. The number of carbonyl (C=O) groups is 2. The van der Waals surface area contributed by atoms with Crippen LogP contribution in [0, 0.1) is 17.8 Å². The summed E-state index contributed by atoms with van der Waals surface area (Å²) in [6, 6.07) is 7.88. The van der Waals surface area contributed by atoms with E-state index in [1.54, 1.807) is 24.3 Å². The van der Waals surface area contributed by atoms with Crippen molar-refractivity contribution in [3.63, 3.8) is 0 Å². The summed E-state index contributed by atoms with van der Waals surface area (Å²) in [7, 11) is 0. The molecule has 2 bridgehead atoms. The molecule has 6 nitrogen and oxygen atoms in total. The Morgan fingerprint density at radius 1 is 1.18 bits per heavy atom. The summed E-state index contributed by atoms with van der Waals surface area (Å²) in [6.07, 6.45) is 4.98. The van der Waals surface area contributed by atoms with Crippen molar-refractivity contribution in [2.75, 3.05) is 6.61 Å². The van der Waals surface area contributed by atoms with Gasteiger partial charge in [0.25, 0.3) is 5.91 Å². The largest absolute Gasteiger partial charge is 0.507 e. The molecular formula is C22H25NO5. The van der Waals surface area contributed by atoms with Gasteiger partial charge in [-0.2, -0.15) is 0 Å². The number of hydrogen-bond donors (Lipinski definition) is 3. The molecule has 2 aromatic carbocycles. The van der Waals surface area contributed by atoms with Crippen LogP contribution in [0.25, 0.3) is 10.8 Å². The highest BCUT2D eigenvalue weighted by Crippen LogP contribution is 2.49. The molecule has 148 valence electrons. The smallest absolute Gasteiger partial charge is 0.342 e. The lowest BCUT2D eigenvalue weighted by atomic mass is 9.84. The van der Waals surface area contributed by atoms with E-state index >= 15 is 0 Å². The van der Waals surface area contributed by atoms with Gasteiger partial charge in [0.15, 0.2) is 6.61 Å². The Kier molecular flexibility index (Phi) is 4.87. The van der Waals surface area contributed by atoms with Gasteiger partial charge in [-0.1, -0.05) is 30.7 Å². The molecule has 0 unspecified atom stereocenters. The lowest BCUT2D eigenvalue weighted by molar-refractivity contribution is -0.125. The van der Waals surface area contributed by atoms with Crippen molar-refractivity contribution in [1.29, 1.82) is 0 Å². The van der Waals surface area contributed by atoms with Crippen molar-refractivity contribution in [1.82, 2.24) is 5.32 Å². The SMILES string of the molecule is C[C@@H](NC(=O)COC(=O)c1cc(O)c2ccccc2c1O)[C@@H]1C[C@H]2CC[C@@H]1C2. The standard InChI is InChI=1S/C22H25NO5/c1-12(17-9-13-6-7-14(17)8-13)23-20(25)11-28-22(27)18-10-19(24)15-4-2-3-5-16(15)21(18)26/h2-5,10,12-14,17,24,26H,6-9,11H2,1H3,(H,23,25)/t12-,13+,14-,17+/m1/s1. The van der Waals surface area contributed by atoms with Gasteiger partial charge < -0.3 is 20.3 Å². The van der Waals surface area contributed by atoms with Crippen molar-refractivity contribution >= 4 is 22.6 Å². The highest BCUT2D eigenvalue weighted by molar-refractivity contribution is 6.04. The van der Waals surface area contributed by atoms with Crippen LogP contribution in [0.15, 0.2) is 30.3 Å². The van der Waals surface area contributed by atoms with Crippen LogP contribution in [0.1, 0.15) is 43.0 Å². The summed E-state index contributed by atoms with van der Waals surface area (Å²) in [6.45, 7) is 1.59. The predicted molar refractivity (Wildman–Crippen MR) is 104 cm³/mol.